The number of nitrogens with one attached hydrogen (secondary N) is 2. The summed E-state index contributed by atoms with van der Waals surface area (Å²) in [6.45, 7) is 2.07. The summed E-state index contributed by atoms with van der Waals surface area (Å²) >= 11 is 0. The summed E-state index contributed by atoms with van der Waals surface area (Å²) in [7, 11) is 0. The number of aromatic amines is 1. The lowest BCUT2D eigenvalue weighted by molar-refractivity contribution is 0.757. The van der Waals surface area contributed by atoms with Gasteiger partial charge in [0.1, 0.15) is 6.33 Å². The van der Waals surface area contributed by atoms with E-state index >= 15 is 0 Å². The molecule has 0 spiro atoms. The molecule has 1 atom stereocenters. The third kappa shape index (κ3) is 4.03. The highest BCUT2D eigenvalue weighted by molar-refractivity contribution is 5.33. The Bertz CT molecular complexity index is 812. The summed E-state index contributed by atoms with van der Waals surface area (Å²) in [5.74, 6) is 0.422. The van der Waals surface area contributed by atoms with Gasteiger partial charge in [-0.2, -0.15) is 4.98 Å². The summed E-state index contributed by atoms with van der Waals surface area (Å²) in [4.78, 5) is 21.6. The Morgan fingerprint density at radius 3 is 2.48 bits per heavy atom. The van der Waals surface area contributed by atoms with Crippen LogP contribution in [0.15, 0.2) is 65.7 Å². The van der Waals surface area contributed by atoms with Crippen molar-refractivity contribution in [2.24, 2.45) is 0 Å². The van der Waals surface area contributed by atoms with Gasteiger partial charge in [-0.1, -0.05) is 60.2 Å². The number of H-pyrrole nitrogens is 1. The van der Waals surface area contributed by atoms with Crippen molar-refractivity contribution in [2.75, 3.05) is 5.32 Å². The fraction of sp³-hybridized carbons (Fsp3) is 0.167. The molecule has 0 aliphatic carbocycles. The highest BCUT2D eigenvalue weighted by Crippen LogP contribution is 2.21. The molecule has 5 heteroatoms. The van der Waals surface area contributed by atoms with Crippen LogP contribution in [0.1, 0.15) is 22.7 Å². The first-order chi connectivity index (χ1) is 11.2. The third-order valence-corrected chi connectivity index (χ3v) is 3.66. The molecule has 0 amide bonds. The van der Waals surface area contributed by atoms with Crippen molar-refractivity contribution >= 4 is 5.95 Å². The number of aryl methyl sites for hydroxylation is 1. The van der Waals surface area contributed by atoms with Gasteiger partial charge in [0.15, 0.2) is 0 Å². The number of nitrogens with zero attached hydrogens (tertiary/aromatic N) is 2. The first-order valence-corrected chi connectivity index (χ1v) is 7.49. The molecule has 0 saturated heterocycles. The van der Waals surface area contributed by atoms with E-state index in [1.807, 2.05) is 18.2 Å². The Kier molecular flexibility index (Phi) is 4.47. The lowest BCUT2D eigenvalue weighted by Crippen LogP contribution is -2.19. The zero-order valence-corrected chi connectivity index (χ0v) is 12.9. The molecule has 3 rings (SSSR count). The minimum atomic E-state index is -0.412. The molecule has 0 radical (unpaired) electrons. The van der Waals surface area contributed by atoms with Gasteiger partial charge >= 0.3 is 5.69 Å². The molecule has 1 unspecified atom stereocenters. The van der Waals surface area contributed by atoms with Crippen molar-refractivity contribution in [3.63, 3.8) is 0 Å². The summed E-state index contributed by atoms with van der Waals surface area (Å²) in [5.41, 5.74) is 3.17. The molecule has 2 N–H and O–H groups in total. The molecule has 0 aliphatic rings. The maximum absolute atomic E-state index is 11.4. The molecule has 0 saturated carbocycles. The Labute approximate surface area is 134 Å². The average Bonchev–Trinajstić information content (AvgIpc) is 2.57. The van der Waals surface area contributed by atoms with Gasteiger partial charge in [-0.05, 0) is 24.5 Å². The number of hydrogen-bond donors (Lipinski definition) is 2. The van der Waals surface area contributed by atoms with Gasteiger partial charge in [0.25, 0.3) is 0 Å². The Hall–Kier alpha value is -2.95. The third-order valence-electron chi connectivity index (χ3n) is 3.66. The largest absolute Gasteiger partial charge is 0.349 e. The van der Waals surface area contributed by atoms with Crippen molar-refractivity contribution in [3.05, 3.63) is 88.1 Å². The van der Waals surface area contributed by atoms with E-state index in [0.717, 1.165) is 12.0 Å². The van der Waals surface area contributed by atoms with Gasteiger partial charge in [-0.25, -0.2) is 9.78 Å². The quantitative estimate of drug-likeness (QED) is 0.760. The standard InChI is InChI=1S/C18H18N4O/c1-13-7-9-14(10-8-13)11-16(15-5-3-2-4-6-15)21-17-19-12-20-18(23)22-17/h2-10,12,16H,11H2,1H3,(H2,19,20,21,22,23). The molecule has 116 valence electrons. The van der Waals surface area contributed by atoms with E-state index in [1.54, 1.807) is 0 Å². The number of benzene rings is 2. The van der Waals surface area contributed by atoms with Crippen molar-refractivity contribution in [1.29, 1.82) is 0 Å². The second-order valence-electron chi connectivity index (χ2n) is 5.45. The molecule has 3 aromatic rings. The van der Waals surface area contributed by atoms with E-state index in [2.05, 4.69) is 63.6 Å². The highest BCUT2D eigenvalue weighted by Gasteiger charge is 2.13. The van der Waals surface area contributed by atoms with Crippen LogP contribution in [0.5, 0.6) is 0 Å². The number of aromatic nitrogens is 3. The molecule has 1 aromatic heterocycles. The Balaban J connectivity index is 1.87. The van der Waals surface area contributed by atoms with Gasteiger partial charge in [-0.15, -0.1) is 0 Å². The number of anilines is 1. The lowest BCUT2D eigenvalue weighted by atomic mass is 9.98. The van der Waals surface area contributed by atoms with Gasteiger partial charge in [-0.3, -0.25) is 4.98 Å². The molecular weight excluding hydrogens is 288 g/mol. The normalized spacial score (nSPS) is 11.9. The van der Waals surface area contributed by atoms with Crippen LogP contribution in [0.3, 0.4) is 0 Å². The monoisotopic (exact) mass is 306 g/mol. The van der Waals surface area contributed by atoms with Crippen LogP contribution in [0.2, 0.25) is 0 Å². The van der Waals surface area contributed by atoms with Gasteiger partial charge in [0.2, 0.25) is 5.95 Å². The van der Waals surface area contributed by atoms with E-state index in [4.69, 9.17) is 0 Å². The topological polar surface area (TPSA) is 70.7 Å². The van der Waals surface area contributed by atoms with Crippen LogP contribution in [0.25, 0.3) is 0 Å². The van der Waals surface area contributed by atoms with Crippen molar-refractivity contribution in [2.45, 2.75) is 19.4 Å². The van der Waals surface area contributed by atoms with Crippen LogP contribution < -0.4 is 11.0 Å². The molecule has 0 bridgehead atoms. The van der Waals surface area contributed by atoms with E-state index < -0.39 is 5.69 Å². The number of hydrogen-bond acceptors (Lipinski definition) is 4. The Morgan fingerprint density at radius 1 is 1.04 bits per heavy atom. The predicted octanol–water partition coefficient (Wildman–Crippen LogP) is 2.87. The molecule has 5 nitrogen and oxygen atoms in total. The number of rotatable bonds is 5. The first kappa shape index (κ1) is 15.0. The first-order valence-electron chi connectivity index (χ1n) is 7.49. The van der Waals surface area contributed by atoms with Gasteiger partial charge in [0.05, 0.1) is 6.04 Å². The summed E-state index contributed by atoms with van der Waals surface area (Å²) in [6, 6.07) is 18.6. The molecule has 0 fully saturated rings. The smallest absolute Gasteiger partial charge is 0.349 e. The van der Waals surface area contributed by atoms with Crippen LogP contribution in [0, 0.1) is 6.92 Å². The van der Waals surface area contributed by atoms with Crippen LogP contribution in [0.4, 0.5) is 5.95 Å². The second kappa shape index (κ2) is 6.87. The second-order valence-corrected chi connectivity index (χ2v) is 5.45. The summed E-state index contributed by atoms with van der Waals surface area (Å²) in [5, 5.41) is 3.29. The fourth-order valence-corrected chi connectivity index (χ4v) is 2.44. The minimum Gasteiger partial charge on any atom is -0.349 e. The fourth-order valence-electron chi connectivity index (χ4n) is 2.44. The van der Waals surface area contributed by atoms with Gasteiger partial charge < -0.3 is 5.32 Å². The average molecular weight is 306 g/mol. The summed E-state index contributed by atoms with van der Waals surface area (Å²) in [6.07, 6.45) is 2.05. The van der Waals surface area contributed by atoms with E-state index in [9.17, 15) is 4.79 Å². The SMILES string of the molecule is Cc1ccc(CC(Nc2ncnc(=O)[nH]2)c2ccccc2)cc1. The molecule has 2 aromatic carbocycles. The highest BCUT2D eigenvalue weighted by atomic mass is 16.1. The maximum Gasteiger partial charge on any atom is 0.349 e. The van der Waals surface area contributed by atoms with Gasteiger partial charge in [0, 0.05) is 0 Å². The maximum atomic E-state index is 11.4. The molecular formula is C18H18N4O. The van der Waals surface area contributed by atoms with E-state index in [-0.39, 0.29) is 6.04 Å². The Morgan fingerprint density at radius 2 is 1.78 bits per heavy atom. The van der Waals surface area contributed by atoms with Crippen LogP contribution >= 0.6 is 0 Å². The van der Waals surface area contributed by atoms with Crippen molar-refractivity contribution in [1.82, 2.24) is 15.0 Å². The van der Waals surface area contributed by atoms with Crippen molar-refractivity contribution < 1.29 is 0 Å². The van der Waals surface area contributed by atoms with Crippen molar-refractivity contribution in [3.8, 4) is 0 Å². The predicted molar refractivity (Wildman–Crippen MR) is 90.3 cm³/mol. The zero-order chi connectivity index (χ0) is 16.1. The molecule has 0 aliphatic heterocycles. The van der Waals surface area contributed by atoms with E-state index in [0.29, 0.717) is 5.95 Å². The summed E-state index contributed by atoms with van der Waals surface area (Å²) < 4.78 is 0. The lowest BCUT2D eigenvalue weighted by Gasteiger charge is -2.19. The molecule has 23 heavy (non-hydrogen) atoms. The zero-order valence-electron chi connectivity index (χ0n) is 12.9. The molecule has 1 heterocycles. The van der Waals surface area contributed by atoms with Crippen LogP contribution in [-0.2, 0) is 6.42 Å². The van der Waals surface area contributed by atoms with E-state index in [1.165, 1.54) is 17.5 Å². The minimum absolute atomic E-state index is 0.00413. The van der Waals surface area contributed by atoms with Crippen LogP contribution in [-0.4, -0.2) is 15.0 Å².